The summed E-state index contributed by atoms with van der Waals surface area (Å²) in [6.07, 6.45) is 7.01. The number of nitrogens with zero attached hydrogens (tertiary/aromatic N) is 2. The molecule has 0 heterocycles. The first-order valence-corrected chi connectivity index (χ1v) is 9.36. The van der Waals surface area contributed by atoms with Gasteiger partial charge in [-0.2, -0.15) is 0 Å². The minimum atomic E-state index is -0.690. The second-order valence-electron chi connectivity index (χ2n) is 5.81. The van der Waals surface area contributed by atoms with E-state index in [0.717, 1.165) is 31.2 Å². The summed E-state index contributed by atoms with van der Waals surface area (Å²) in [6, 6.07) is 4.40. The Balaban J connectivity index is 2.87. The van der Waals surface area contributed by atoms with Crippen molar-refractivity contribution in [1.29, 1.82) is 0 Å². The Kier molecular flexibility index (Phi) is 10.2. The first-order chi connectivity index (χ1) is 12.0. The summed E-state index contributed by atoms with van der Waals surface area (Å²) in [5, 5.41) is 3.21. The Morgan fingerprint density at radius 3 is 2.76 bits per heavy atom. The molecule has 140 valence electrons. The maximum absolute atomic E-state index is 13.7. The van der Waals surface area contributed by atoms with Crippen LogP contribution in [0.1, 0.15) is 58.4 Å². The molecule has 0 aliphatic rings. The maximum atomic E-state index is 13.7. The number of unbranched alkanes of at least 4 members (excludes halogenated alkanes) is 3. The predicted molar refractivity (Wildman–Crippen MR) is 102 cm³/mol. The average molecular weight is 371 g/mol. The summed E-state index contributed by atoms with van der Waals surface area (Å²) in [5.41, 5.74) is 1.33. The zero-order valence-corrected chi connectivity index (χ0v) is 16.1. The molecule has 0 aliphatic heterocycles. The topological polar surface area (TPSA) is 41.9 Å². The van der Waals surface area contributed by atoms with Crippen molar-refractivity contribution >= 4 is 29.4 Å². The number of benzene rings is 1. The fraction of sp³-hybridized carbons (Fsp3) is 0.579. The molecule has 1 amide bonds. The molecule has 1 aromatic carbocycles. The van der Waals surface area contributed by atoms with Gasteiger partial charge in [-0.1, -0.05) is 44.8 Å². The van der Waals surface area contributed by atoms with Crippen molar-refractivity contribution in [3.8, 4) is 0 Å². The van der Waals surface area contributed by atoms with Gasteiger partial charge in [0.05, 0.1) is 5.69 Å². The molecule has 4 nitrogen and oxygen atoms in total. The molecule has 25 heavy (non-hydrogen) atoms. The van der Waals surface area contributed by atoms with Crippen molar-refractivity contribution in [3.05, 3.63) is 29.6 Å². The fourth-order valence-electron chi connectivity index (χ4n) is 2.36. The summed E-state index contributed by atoms with van der Waals surface area (Å²) in [7, 11) is 0. The summed E-state index contributed by atoms with van der Waals surface area (Å²) < 4.78 is 13.7. The van der Waals surface area contributed by atoms with Crippen molar-refractivity contribution in [2.24, 2.45) is 5.16 Å². The van der Waals surface area contributed by atoms with Gasteiger partial charge < -0.3 is 4.84 Å². The molecular weight excluding hydrogens is 343 g/mol. The number of carbonyl (C=O) groups excluding carboxylic acids is 1. The smallest absolute Gasteiger partial charge is 0.247 e. The Morgan fingerprint density at radius 2 is 2.12 bits per heavy atom. The van der Waals surface area contributed by atoms with Crippen LogP contribution in [-0.2, 0) is 16.1 Å². The van der Waals surface area contributed by atoms with Crippen LogP contribution >= 0.6 is 11.6 Å². The molecule has 6 heteroatoms. The van der Waals surface area contributed by atoms with Gasteiger partial charge in [0.1, 0.15) is 11.2 Å². The number of halogens is 2. The minimum Gasteiger partial charge on any atom is -0.374 e. The van der Waals surface area contributed by atoms with E-state index in [1.54, 1.807) is 12.3 Å². The molecule has 1 unspecified atom stereocenters. The SMILES string of the molecule is CCCCCC=NOCN(C(=O)C(Cl)CC)c1cc(F)ccc1CC. The van der Waals surface area contributed by atoms with Crippen LogP contribution in [0, 0.1) is 5.82 Å². The van der Waals surface area contributed by atoms with E-state index in [4.69, 9.17) is 16.4 Å². The molecule has 0 saturated heterocycles. The summed E-state index contributed by atoms with van der Waals surface area (Å²) in [6.45, 7) is 5.82. The highest BCUT2D eigenvalue weighted by Gasteiger charge is 2.25. The lowest BCUT2D eigenvalue weighted by Gasteiger charge is -2.25. The normalized spacial score (nSPS) is 12.4. The van der Waals surface area contributed by atoms with E-state index in [9.17, 15) is 9.18 Å². The van der Waals surface area contributed by atoms with E-state index in [1.165, 1.54) is 17.0 Å². The van der Waals surface area contributed by atoms with Gasteiger partial charge in [0.2, 0.25) is 5.91 Å². The van der Waals surface area contributed by atoms with Gasteiger partial charge >= 0.3 is 0 Å². The monoisotopic (exact) mass is 370 g/mol. The molecule has 1 aromatic rings. The Labute approximate surface area is 155 Å². The van der Waals surface area contributed by atoms with Crippen molar-refractivity contribution in [2.45, 2.75) is 64.7 Å². The quantitative estimate of drug-likeness (QED) is 0.175. The highest BCUT2D eigenvalue weighted by atomic mass is 35.5. The van der Waals surface area contributed by atoms with Crippen LogP contribution in [0.5, 0.6) is 0 Å². The summed E-state index contributed by atoms with van der Waals surface area (Å²) in [4.78, 5) is 19.2. The van der Waals surface area contributed by atoms with Gasteiger partial charge in [0, 0.05) is 6.21 Å². The van der Waals surface area contributed by atoms with Crippen molar-refractivity contribution in [2.75, 3.05) is 11.6 Å². The number of alkyl halides is 1. The number of anilines is 1. The van der Waals surface area contributed by atoms with E-state index in [0.29, 0.717) is 18.5 Å². The molecule has 0 aromatic heterocycles. The molecule has 1 atom stereocenters. The van der Waals surface area contributed by atoms with E-state index in [-0.39, 0.29) is 12.6 Å². The first kappa shape index (κ1) is 21.4. The molecule has 0 fully saturated rings. The molecular formula is C19H28ClFN2O2. The van der Waals surface area contributed by atoms with Crippen LogP contribution in [0.3, 0.4) is 0 Å². The fourth-order valence-corrected chi connectivity index (χ4v) is 2.48. The lowest BCUT2D eigenvalue weighted by atomic mass is 10.1. The number of oxime groups is 1. The third-order valence-electron chi connectivity index (χ3n) is 3.88. The highest BCUT2D eigenvalue weighted by molar-refractivity contribution is 6.32. The average Bonchev–Trinajstić information content (AvgIpc) is 2.62. The molecule has 0 N–H and O–H groups in total. The number of hydrogen-bond acceptors (Lipinski definition) is 3. The van der Waals surface area contributed by atoms with Gasteiger partial charge in [-0.25, -0.2) is 4.39 Å². The zero-order chi connectivity index (χ0) is 18.7. The van der Waals surface area contributed by atoms with Crippen molar-refractivity contribution in [1.82, 2.24) is 0 Å². The van der Waals surface area contributed by atoms with Gasteiger partial charge in [0.25, 0.3) is 0 Å². The first-order valence-electron chi connectivity index (χ1n) is 8.92. The zero-order valence-electron chi connectivity index (χ0n) is 15.3. The lowest BCUT2D eigenvalue weighted by molar-refractivity contribution is -0.119. The Hall–Kier alpha value is -1.62. The molecule has 0 aliphatic carbocycles. The Bertz CT molecular complexity index is 566. The molecule has 0 bridgehead atoms. The van der Waals surface area contributed by atoms with Crippen LogP contribution in [0.2, 0.25) is 0 Å². The van der Waals surface area contributed by atoms with E-state index >= 15 is 0 Å². The van der Waals surface area contributed by atoms with Gasteiger partial charge in [0.15, 0.2) is 6.73 Å². The summed E-state index contributed by atoms with van der Waals surface area (Å²) in [5.74, 6) is -0.721. The number of hydrogen-bond donors (Lipinski definition) is 0. The van der Waals surface area contributed by atoms with E-state index < -0.39 is 11.2 Å². The van der Waals surface area contributed by atoms with Crippen LogP contribution in [0.15, 0.2) is 23.4 Å². The number of rotatable bonds is 11. The predicted octanol–water partition coefficient (Wildman–Crippen LogP) is 5.28. The lowest BCUT2D eigenvalue weighted by Crippen LogP contribution is -2.38. The third-order valence-corrected chi connectivity index (χ3v) is 4.38. The number of aryl methyl sites for hydroxylation is 1. The van der Waals surface area contributed by atoms with Gasteiger partial charge in [-0.3, -0.25) is 9.69 Å². The third kappa shape index (κ3) is 7.02. The molecule has 0 spiro atoms. The number of amides is 1. The van der Waals surface area contributed by atoms with E-state index in [2.05, 4.69) is 12.1 Å². The summed E-state index contributed by atoms with van der Waals surface area (Å²) >= 11 is 6.11. The van der Waals surface area contributed by atoms with Crippen LogP contribution in [-0.4, -0.2) is 24.2 Å². The van der Waals surface area contributed by atoms with Crippen molar-refractivity contribution < 1.29 is 14.0 Å². The van der Waals surface area contributed by atoms with Gasteiger partial charge in [-0.15, -0.1) is 11.6 Å². The van der Waals surface area contributed by atoms with Crippen LogP contribution in [0.25, 0.3) is 0 Å². The second-order valence-corrected chi connectivity index (χ2v) is 6.34. The van der Waals surface area contributed by atoms with Gasteiger partial charge in [-0.05, 0) is 43.4 Å². The van der Waals surface area contributed by atoms with E-state index in [1.807, 2.05) is 13.8 Å². The molecule has 1 rings (SSSR count). The second kappa shape index (κ2) is 11.9. The number of carbonyl (C=O) groups is 1. The minimum absolute atomic E-state index is 0.0945. The largest absolute Gasteiger partial charge is 0.374 e. The molecule has 0 saturated carbocycles. The van der Waals surface area contributed by atoms with Crippen LogP contribution in [0.4, 0.5) is 10.1 Å². The highest BCUT2D eigenvalue weighted by Crippen LogP contribution is 2.25. The maximum Gasteiger partial charge on any atom is 0.247 e. The standard InChI is InChI=1S/C19H28ClFN2O2/c1-4-7-8-9-12-22-25-14-23(19(24)17(20)6-3)18-13-16(21)11-10-15(18)5-2/h10-13,17H,4-9,14H2,1-3H3. The molecule has 0 radical (unpaired) electrons. The van der Waals surface area contributed by atoms with Crippen LogP contribution < -0.4 is 4.90 Å². The van der Waals surface area contributed by atoms with Crippen molar-refractivity contribution in [3.63, 3.8) is 0 Å². The Morgan fingerprint density at radius 1 is 1.36 bits per heavy atom.